The fourth-order valence-corrected chi connectivity index (χ4v) is 3.12. The van der Waals surface area contributed by atoms with E-state index in [9.17, 15) is 18.0 Å². The number of carbonyl (C=O) groups is 1. The molecule has 1 amide bonds. The van der Waals surface area contributed by atoms with Gasteiger partial charge in [-0.2, -0.15) is 13.2 Å². The summed E-state index contributed by atoms with van der Waals surface area (Å²) >= 11 is 17.8. The van der Waals surface area contributed by atoms with Gasteiger partial charge < -0.3 is 0 Å². The number of halogens is 6. The van der Waals surface area contributed by atoms with E-state index in [1.54, 1.807) is 30.3 Å². The monoisotopic (exact) mass is 487 g/mol. The first-order valence-electron chi connectivity index (χ1n) is 8.44. The Labute approximate surface area is 189 Å². The van der Waals surface area contributed by atoms with Gasteiger partial charge in [0.1, 0.15) is 11.4 Å². The lowest BCUT2D eigenvalue weighted by atomic mass is 10.1. The highest BCUT2D eigenvalue weighted by atomic mass is 35.5. The predicted octanol–water partition coefficient (Wildman–Crippen LogP) is 7.06. The van der Waals surface area contributed by atoms with E-state index in [2.05, 4.69) is 15.5 Å². The second-order valence-electron chi connectivity index (χ2n) is 5.99. The summed E-state index contributed by atoms with van der Waals surface area (Å²) in [5.41, 5.74) is -0.535. The van der Waals surface area contributed by atoms with E-state index >= 15 is 0 Å². The number of anilines is 1. The van der Waals surface area contributed by atoms with Crippen molar-refractivity contribution in [2.24, 2.45) is 5.16 Å². The molecule has 0 aliphatic heterocycles. The van der Waals surface area contributed by atoms with Crippen LogP contribution < -0.4 is 5.32 Å². The minimum Gasteiger partial charge on any atom is -0.297 e. The topological polar surface area (TPSA) is 63.6 Å². The zero-order valence-electron chi connectivity index (χ0n) is 15.3. The van der Waals surface area contributed by atoms with Crippen molar-refractivity contribution in [3.63, 3.8) is 0 Å². The summed E-state index contributed by atoms with van der Waals surface area (Å²) < 4.78 is 38.7. The van der Waals surface area contributed by atoms with Crippen LogP contribution in [0.15, 0.2) is 65.9 Å². The number of nitrogens with one attached hydrogen (secondary N) is 1. The lowest BCUT2D eigenvalue weighted by Crippen LogP contribution is -2.15. The largest absolute Gasteiger partial charge is 0.437 e. The van der Waals surface area contributed by atoms with Gasteiger partial charge in [-0.05, 0) is 24.3 Å². The summed E-state index contributed by atoms with van der Waals surface area (Å²) in [4.78, 5) is 20.8. The Morgan fingerprint density at radius 3 is 2.32 bits per heavy atom. The molecule has 0 bridgehead atoms. The maximum absolute atomic E-state index is 12.9. The average Bonchev–Trinajstić information content (AvgIpc) is 2.71. The van der Waals surface area contributed by atoms with Crippen molar-refractivity contribution in [1.82, 2.24) is 4.98 Å². The first-order valence-corrected chi connectivity index (χ1v) is 9.58. The molecular weight excluding hydrogens is 478 g/mol. The predicted molar refractivity (Wildman–Crippen MR) is 113 cm³/mol. The normalized spacial score (nSPS) is 11.9. The van der Waals surface area contributed by atoms with Gasteiger partial charge in [-0.15, -0.1) is 0 Å². The van der Waals surface area contributed by atoms with E-state index in [0.29, 0.717) is 16.8 Å². The number of amides is 1. The van der Waals surface area contributed by atoms with E-state index in [0.717, 1.165) is 6.07 Å². The van der Waals surface area contributed by atoms with Crippen LogP contribution >= 0.6 is 34.8 Å². The number of rotatable bonds is 4. The zero-order valence-corrected chi connectivity index (χ0v) is 17.5. The van der Waals surface area contributed by atoms with E-state index in [1.807, 2.05) is 0 Å². The highest BCUT2D eigenvalue weighted by Crippen LogP contribution is 2.32. The molecule has 31 heavy (non-hydrogen) atoms. The third kappa shape index (κ3) is 5.88. The van der Waals surface area contributed by atoms with Crippen molar-refractivity contribution in [2.75, 3.05) is 5.32 Å². The van der Waals surface area contributed by atoms with Gasteiger partial charge in [0.2, 0.25) is 0 Å². The van der Waals surface area contributed by atoms with Gasteiger partial charge in [-0.1, -0.05) is 70.3 Å². The summed E-state index contributed by atoms with van der Waals surface area (Å²) in [6, 6.07) is 13.4. The van der Waals surface area contributed by atoms with Crippen LogP contribution in [0.2, 0.25) is 15.1 Å². The average molecular weight is 489 g/mol. The summed E-state index contributed by atoms with van der Waals surface area (Å²) in [6.07, 6.45) is -5.00. The van der Waals surface area contributed by atoms with E-state index < -0.39 is 17.8 Å². The molecule has 1 N–H and O–H groups in total. The molecule has 0 aliphatic rings. The second-order valence-corrected chi connectivity index (χ2v) is 7.24. The van der Waals surface area contributed by atoms with Crippen molar-refractivity contribution < 1.29 is 22.8 Å². The minimum absolute atomic E-state index is 0.0447. The Kier molecular flexibility index (Phi) is 7.04. The van der Waals surface area contributed by atoms with Crippen LogP contribution in [0.1, 0.15) is 16.8 Å². The van der Waals surface area contributed by atoms with Crippen LogP contribution in [0.25, 0.3) is 0 Å². The van der Waals surface area contributed by atoms with E-state index in [1.165, 1.54) is 18.2 Å². The number of hydrogen-bond donors (Lipinski definition) is 1. The number of alkyl halides is 3. The van der Waals surface area contributed by atoms with Gasteiger partial charge in [-0.25, -0.2) is 4.79 Å². The smallest absolute Gasteiger partial charge is 0.297 e. The van der Waals surface area contributed by atoms with Gasteiger partial charge in [0, 0.05) is 16.8 Å². The van der Waals surface area contributed by atoms with Crippen molar-refractivity contribution >= 4 is 52.3 Å². The van der Waals surface area contributed by atoms with Crippen LogP contribution in [0, 0.1) is 0 Å². The number of nitrogens with zero attached hydrogens (tertiary/aromatic N) is 2. The Morgan fingerprint density at radius 1 is 1.00 bits per heavy atom. The molecule has 0 fully saturated rings. The van der Waals surface area contributed by atoms with Crippen LogP contribution in [0.3, 0.4) is 0 Å². The minimum atomic E-state index is -4.62. The maximum atomic E-state index is 12.9. The number of oxime groups is 1. The van der Waals surface area contributed by atoms with Crippen molar-refractivity contribution in [1.29, 1.82) is 0 Å². The Bertz CT molecular complexity index is 1140. The summed E-state index contributed by atoms with van der Waals surface area (Å²) in [5.74, 6) is 0. The highest BCUT2D eigenvalue weighted by Gasteiger charge is 2.32. The molecule has 3 rings (SSSR count). The fraction of sp³-hybridized carbons (Fsp3) is 0.0500. The Balaban J connectivity index is 1.91. The Hall–Kier alpha value is -2.81. The molecule has 0 saturated carbocycles. The lowest BCUT2D eigenvalue weighted by molar-refractivity contribution is -0.137. The number of aromatic nitrogens is 1. The number of hydrogen-bond acceptors (Lipinski definition) is 4. The third-order valence-electron chi connectivity index (χ3n) is 3.83. The summed E-state index contributed by atoms with van der Waals surface area (Å²) in [7, 11) is 0. The molecule has 0 saturated heterocycles. The molecular formula is C20H11Cl3F3N3O2. The zero-order chi connectivity index (χ0) is 22.6. The van der Waals surface area contributed by atoms with Crippen LogP contribution in [-0.2, 0) is 11.0 Å². The molecule has 1 heterocycles. The molecule has 0 aliphatic carbocycles. The number of benzene rings is 2. The lowest BCUT2D eigenvalue weighted by Gasteiger charge is -2.11. The quantitative estimate of drug-likeness (QED) is 0.243. The van der Waals surface area contributed by atoms with Crippen molar-refractivity contribution in [3.05, 3.63) is 92.7 Å². The van der Waals surface area contributed by atoms with Crippen LogP contribution in [-0.4, -0.2) is 16.8 Å². The summed E-state index contributed by atoms with van der Waals surface area (Å²) in [5, 5.41) is 6.37. The molecule has 3 aromatic rings. The van der Waals surface area contributed by atoms with Crippen molar-refractivity contribution in [3.8, 4) is 0 Å². The standard InChI is InChI=1S/C20H11Cl3F3N3O2/c21-13-6-7-16(14(22)9-13)28-19(30)31-29-17(11-4-2-1-3-5-11)18-15(23)8-12(10-27-18)20(24,25)26/h1-10H,(H,28,30). The van der Waals surface area contributed by atoms with E-state index in [-0.39, 0.29) is 27.1 Å². The van der Waals surface area contributed by atoms with Gasteiger partial charge in [0.05, 0.1) is 21.3 Å². The SMILES string of the molecule is O=C(Nc1ccc(Cl)cc1Cl)ON=C(c1ccccc1)c1ncc(C(F)(F)F)cc1Cl. The van der Waals surface area contributed by atoms with Crippen molar-refractivity contribution in [2.45, 2.75) is 6.18 Å². The summed E-state index contributed by atoms with van der Waals surface area (Å²) in [6.45, 7) is 0. The van der Waals surface area contributed by atoms with Crippen LogP contribution in [0.5, 0.6) is 0 Å². The van der Waals surface area contributed by atoms with Gasteiger partial charge in [-0.3, -0.25) is 15.1 Å². The maximum Gasteiger partial charge on any atom is 0.437 e. The molecule has 0 unspecified atom stereocenters. The molecule has 1 aromatic heterocycles. The molecule has 0 atom stereocenters. The molecule has 0 spiro atoms. The first-order chi connectivity index (χ1) is 14.6. The first kappa shape index (κ1) is 22.9. The second kappa shape index (κ2) is 9.55. The molecule has 0 radical (unpaired) electrons. The molecule has 5 nitrogen and oxygen atoms in total. The Morgan fingerprint density at radius 2 is 1.71 bits per heavy atom. The number of carbonyl (C=O) groups excluding carboxylic acids is 1. The molecule has 2 aromatic carbocycles. The van der Waals surface area contributed by atoms with E-state index in [4.69, 9.17) is 39.6 Å². The third-order valence-corrected chi connectivity index (χ3v) is 4.66. The van der Waals surface area contributed by atoms with Gasteiger partial charge >= 0.3 is 12.3 Å². The van der Waals surface area contributed by atoms with Gasteiger partial charge in [0.15, 0.2) is 0 Å². The molecule has 160 valence electrons. The van der Waals surface area contributed by atoms with Gasteiger partial charge in [0.25, 0.3) is 0 Å². The highest BCUT2D eigenvalue weighted by molar-refractivity contribution is 6.36. The van der Waals surface area contributed by atoms with Crippen LogP contribution in [0.4, 0.5) is 23.7 Å². The number of pyridine rings is 1. The fourth-order valence-electron chi connectivity index (χ4n) is 2.41. The molecule has 11 heteroatoms.